The Labute approximate surface area is 105 Å². The van der Waals surface area contributed by atoms with Gasteiger partial charge in [0.15, 0.2) is 5.57 Å². The molecular formula is C12H11N3OS. The zero-order valence-electron chi connectivity index (χ0n) is 9.52. The molecule has 1 N–H and O–H groups in total. The fraction of sp³-hybridized carbons (Fsp3) is 0.167. The van der Waals surface area contributed by atoms with Gasteiger partial charge in [0.05, 0.1) is 7.11 Å². The molecule has 0 heterocycles. The predicted octanol–water partition coefficient (Wildman–Crippen LogP) is 2.73. The number of nitriles is 2. The lowest BCUT2D eigenvalue weighted by atomic mass is 10.3. The molecular weight excluding hydrogens is 234 g/mol. The lowest BCUT2D eigenvalue weighted by Gasteiger charge is -2.09. The molecule has 17 heavy (non-hydrogen) atoms. The molecule has 0 unspecified atom stereocenters. The number of rotatable bonds is 4. The Bertz CT molecular complexity index is 495. The van der Waals surface area contributed by atoms with Crippen molar-refractivity contribution < 1.29 is 4.74 Å². The summed E-state index contributed by atoms with van der Waals surface area (Å²) in [5.41, 5.74) is 0.844. The molecule has 4 nitrogen and oxygen atoms in total. The molecule has 0 bridgehead atoms. The van der Waals surface area contributed by atoms with Gasteiger partial charge < -0.3 is 10.1 Å². The van der Waals surface area contributed by atoms with E-state index in [0.29, 0.717) is 10.8 Å². The van der Waals surface area contributed by atoms with Crippen molar-refractivity contribution in [2.45, 2.75) is 0 Å². The van der Waals surface area contributed by atoms with Gasteiger partial charge in [-0.15, -0.1) is 11.8 Å². The van der Waals surface area contributed by atoms with Crippen LogP contribution in [0, 0.1) is 22.7 Å². The van der Waals surface area contributed by atoms with Crippen molar-refractivity contribution in [1.82, 2.24) is 0 Å². The summed E-state index contributed by atoms with van der Waals surface area (Å²) in [6.45, 7) is 0. The second-order valence-electron chi connectivity index (χ2n) is 2.99. The average molecular weight is 245 g/mol. The summed E-state index contributed by atoms with van der Waals surface area (Å²) in [6, 6.07) is 11.0. The number of benzene rings is 1. The van der Waals surface area contributed by atoms with E-state index >= 15 is 0 Å². The number of hydrogen-bond donors (Lipinski definition) is 1. The van der Waals surface area contributed by atoms with Crippen LogP contribution in [0.5, 0.6) is 5.75 Å². The number of ether oxygens (including phenoxy) is 1. The molecule has 0 radical (unpaired) electrons. The molecule has 0 atom stereocenters. The fourth-order valence-corrected chi connectivity index (χ4v) is 1.69. The normalized spacial score (nSPS) is 8.71. The number of allylic oxidation sites excluding steroid dienone is 1. The van der Waals surface area contributed by atoms with Gasteiger partial charge in [0.1, 0.15) is 22.9 Å². The Morgan fingerprint density at radius 1 is 1.35 bits per heavy atom. The van der Waals surface area contributed by atoms with Gasteiger partial charge in [-0.1, -0.05) is 6.07 Å². The third kappa shape index (κ3) is 3.44. The third-order valence-electron chi connectivity index (χ3n) is 1.98. The highest BCUT2D eigenvalue weighted by molar-refractivity contribution is 8.02. The number of anilines is 1. The van der Waals surface area contributed by atoms with Crippen molar-refractivity contribution in [2.75, 3.05) is 18.7 Å². The van der Waals surface area contributed by atoms with Gasteiger partial charge in [-0.3, -0.25) is 0 Å². The SMILES string of the molecule is COc1cccc(NC(SC)=C(C#N)C#N)c1. The number of nitrogens with zero attached hydrogens (tertiary/aromatic N) is 2. The molecule has 0 aromatic heterocycles. The molecule has 0 saturated carbocycles. The van der Waals surface area contributed by atoms with E-state index in [1.54, 1.807) is 19.4 Å². The van der Waals surface area contributed by atoms with Crippen molar-refractivity contribution in [1.29, 1.82) is 10.5 Å². The van der Waals surface area contributed by atoms with Crippen LogP contribution in [0.25, 0.3) is 0 Å². The van der Waals surface area contributed by atoms with Gasteiger partial charge in [0.2, 0.25) is 0 Å². The van der Waals surface area contributed by atoms with Crippen LogP contribution in [0.1, 0.15) is 0 Å². The molecule has 0 spiro atoms. The topological polar surface area (TPSA) is 68.8 Å². The minimum Gasteiger partial charge on any atom is -0.497 e. The minimum atomic E-state index is 0.0697. The second kappa shape index (κ2) is 6.47. The maximum Gasteiger partial charge on any atom is 0.159 e. The monoisotopic (exact) mass is 245 g/mol. The summed E-state index contributed by atoms with van der Waals surface area (Å²) >= 11 is 1.32. The maximum absolute atomic E-state index is 8.80. The second-order valence-corrected chi connectivity index (χ2v) is 3.81. The number of methoxy groups -OCH3 is 1. The van der Waals surface area contributed by atoms with Crippen molar-refractivity contribution in [2.24, 2.45) is 0 Å². The predicted molar refractivity (Wildman–Crippen MR) is 68.4 cm³/mol. The first kappa shape index (κ1) is 13.0. The number of hydrogen-bond acceptors (Lipinski definition) is 5. The summed E-state index contributed by atoms with van der Waals surface area (Å²) < 4.78 is 5.09. The zero-order valence-corrected chi connectivity index (χ0v) is 10.3. The molecule has 0 fully saturated rings. The van der Waals surface area contributed by atoms with Crippen LogP contribution in [0.15, 0.2) is 34.9 Å². The summed E-state index contributed by atoms with van der Waals surface area (Å²) in [5.74, 6) is 0.714. The van der Waals surface area contributed by atoms with Crippen LogP contribution in [0.3, 0.4) is 0 Å². The molecule has 0 aliphatic carbocycles. The van der Waals surface area contributed by atoms with E-state index < -0.39 is 0 Å². The summed E-state index contributed by atoms with van der Waals surface area (Å²) in [7, 11) is 1.58. The van der Waals surface area contributed by atoms with E-state index in [-0.39, 0.29) is 5.57 Å². The molecule has 5 heteroatoms. The summed E-state index contributed by atoms with van der Waals surface area (Å²) in [6.07, 6.45) is 1.80. The van der Waals surface area contributed by atoms with E-state index in [4.69, 9.17) is 15.3 Å². The van der Waals surface area contributed by atoms with E-state index in [1.807, 2.05) is 30.3 Å². The summed E-state index contributed by atoms with van der Waals surface area (Å²) in [5, 5.41) is 21.1. The zero-order chi connectivity index (χ0) is 12.7. The van der Waals surface area contributed by atoms with E-state index in [0.717, 1.165) is 5.69 Å². The van der Waals surface area contributed by atoms with E-state index in [2.05, 4.69) is 5.32 Å². The Hall–Kier alpha value is -2.11. The van der Waals surface area contributed by atoms with Gasteiger partial charge in [-0.25, -0.2) is 0 Å². The first-order valence-electron chi connectivity index (χ1n) is 4.74. The van der Waals surface area contributed by atoms with Gasteiger partial charge in [0.25, 0.3) is 0 Å². The largest absolute Gasteiger partial charge is 0.497 e. The highest BCUT2D eigenvalue weighted by Crippen LogP contribution is 2.23. The fourth-order valence-electron chi connectivity index (χ4n) is 1.17. The quantitative estimate of drug-likeness (QED) is 0.826. The Morgan fingerprint density at radius 2 is 2.06 bits per heavy atom. The molecule has 0 aliphatic rings. The average Bonchev–Trinajstić information content (AvgIpc) is 2.39. The number of nitrogens with one attached hydrogen (secondary N) is 1. The molecule has 0 aliphatic heterocycles. The standard InChI is InChI=1S/C12H11N3OS/c1-16-11-5-3-4-10(6-11)15-12(17-2)9(7-13)8-14/h3-6,15H,1-2H3. The van der Waals surface area contributed by atoms with Gasteiger partial charge in [0, 0.05) is 11.8 Å². The van der Waals surface area contributed by atoms with Crippen LogP contribution in [-0.2, 0) is 0 Å². The first-order valence-corrected chi connectivity index (χ1v) is 5.97. The molecule has 1 aromatic rings. The highest BCUT2D eigenvalue weighted by Gasteiger charge is 2.05. The van der Waals surface area contributed by atoms with Crippen LogP contribution < -0.4 is 10.1 Å². The summed E-state index contributed by atoms with van der Waals surface area (Å²) in [4.78, 5) is 0. The maximum atomic E-state index is 8.80. The Balaban J connectivity index is 3.01. The highest BCUT2D eigenvalue weighted by atomic mass is 32.2. The van der Waals surface area contributed by atoms with Crippen molar-refractivity contribution in [3.8, 4) is 17.9 Å². The molecule has 86 valence electrons. The van der Waals surface area contributed by atoms with Crippen LogP contribution in [0.4, 0.5) is 5.69 Å². The Kier molecular flexibility index (Phi) is 4.93. The van der Waals surface area contributed by atoms with Crippen molar-refractivity contribution >= 4 is 17.4 Å². The first-order chi connectivity index (χ1) is 8.24. The molecule has 1 aromatic carbocycles. The molecule has 0 saturated heterocycles. The van der Waals surface area contributed by atoms with Crippen molar-refractivity contribution in [3.63, 3.8) is 0 Å². The molecule has 1 rings (SSSR count). The van der Waals surface area contributed by atoms with Crippen LogP contribution >= 0.6 is 11.8 Å². The van der Waals surface area contributed by atoms with E-state index in [1.165, 1.54) is 11.8 Å². The van der Waals surface area contributed by atoms with Gasteiger partial charge in [-0.05, 0) is 18.4 Å². The smallest absolute Gasteiger partial charge is 0.159 e. The van der Waals surface area contributed by atoms with Gasteiger partial charge >= 0.3 is 0 Å². The number of thioether (sulfide) groups is 1. The van der Waals surface area contributed by atoms with E-state index in [9.17, 15) is 0 Å². The Morgan fingerprint density at radius 3 is 2.59 bits per heavy atom. The molecule has 0 amide bonds. The van der Waals surface area contributed by atoms with Crippen LogP contribution in [0.2, 0.25) is 0 Å². The van der Waals surface area contributed by atoms with Crippen molar-refractivity contribution in [3.05, 3.63) is 34.9 Å². The van der Waals surface area contributed by atoms with Crippen LogP contribution in [-0.4, -0.2) is 13.4 Å². The van der Waals surface area contributed by atoms with Gasteiger partial charge in [-0.2, -0.15) is 10.5 Å². The lowest BCUT2D eigenvalue weighted by Crippen LogP contribution is -1.99. The minimum absolute atomic E-state index is 0.0697. The lowest BCUT2D eigenvalue weighted by molar-refractivity contribution is 0.415. The third-order valence-corrected chi connectivity index (χ3v) is 2.70.